The number of benzene rings is 5. The molecule has 0 aromatic heterocycles. The van der Waals surface area contributed by atoms with Crippen LogP contribution in [0, 0.1) is 0 Å². The van der Waals surface area contributed by atoms with Gasteiger partial charge >= 0.3 is 0 Å². The highest BCUT2D eigenvalue weighted by atomic mass is 16.7. The van der Waals surface area contributed by atoms with Gasteiger partial charge in [0, 0.05) is 7.11 Å². The molecule has 5 aromatic rings. The predicted molar refractivity (Wildman–Crippen MR) is 218 cm³/mol. The Hall–Kier alpha value is -4.34. The van der Waals surface area contributed by atoms with E-state index >= 15 is 0 Å². The molecule has 2 fully saturated rings. The molecule has 2 N–H and O–H groups in total. The van der Waals surface area contributed by atoms with E-state index in [1.165, 1.54) is 7.11 Å². The molecule has 2 heterocycles. The molecule has 312 valence electrons. The maximum Gasteiger partial charge on any atom is 0.186 e. The predicted octanol–water partition coefficient (Wildman–Crippen LogP) is 6.38. The van der Waals surface area contributed by atoms with E-state index in [4.69, 9.17) is 42.6 Å². The van der Waals surface area contributed by atoms with E-state index in [1.807, 2.05) is 152 Å². The topological polar surface area (TPSA) is 124 Å². The van der Waals surface area contributed by atoms with Crippen molar-refractivity contribution in [3.05, 3.63) is 179 Å². The second-order valence-corrected chi connectivity index (χ2v) is 14.7. The average molecular weight is 807 g/mol. The Morgan fingerprint density at radius 1 is 0.390 bits per heavy atom. The van der Waals surface area contributed by atoms with Crippen molar-refractivity contribution in [1.82, 2.24) is 0 Å². The standard InChI is InChI=1S/C48H54O11/c1-51-48-46(56-31-38-25-15-6-16-26-38)41(49)43(53-28-35-19-9-3-10-20-35)40(59-48)33-57-47-42(50)45(55-30-37-23-13-5-14-24-37)44(54-29-36-21-11-4-12-22-36)39(58-47)32-52-27-34-17-7-2-8-18-34/h2-26,39-50H,27-33H2,1H3. The van der Waals surface area contributed by atoms with Crippen LogP contribution in [-0.2, 0) is 75.7 Å². The molecular formula is C48H54O11. The van der Waals surface area contributed by atoms with Crippen molar-refractivity contribution >= 4 is 0 Å². The fraction of sp³-hybridized carbons (Fsp3) is 0.375. The number of aliphatic hydroxyl groups is 2. The van der Waals surface area contributed by atoms with Crippen LogP contribution in [0.15, 0.2) is 152 Å². The van der Waals surface area contributed by atoms with Crippen molar-refractivity contribution in [2.24, 2.45) is 0 Å². The molecule has 0 amide bonds. The lowest BCUT2D eigenvalue weighted by Crippen LogP contribution is -2.63. The number of ether oxygens (including phenoxy) is 9. The second kappa shape index (κ2) is 22.3. The highest BCUT2D eigenvalue weighted by Gasteiger charge is 2.50. The lowest BCUT2D eigenvalue weighted by molar-refractivity contribution is -0.343. The van der Waals surface area contributed by atoms with E-state index < -0.39 is 61.4 Å². The van der Waals surface area contributed by atoms with Crippen molar-refractivity contribution in [1.29, 1.82) is 0 Å². The van der Waals surface area contributed by atoms with Gasteiger partial charge in [-0.2, -0.15) is 0 Å². The number of aliphatic hydroxyl groups excluding tert-OH is 2. The Bertz CT molecular complexity index is 1890. The first-order valence-corrected chi connectivity index (χ1v) is 20.1. The fourth-order valence-electron chi connectivity index (χ4n) is 7.28. The summed E-state index contributed by atoms with van der Waals surface area (Å²) in [7, 11) is 1.50. The first-order chi connectivity index (χ1) is 29.1. The molecule has 59 heavy (non-hydrogen) atoms. The quantitative estimate of drug-likeness (QED) is 0.0912. The summed E-state index contributed by atoms with van der Waals surface area (Å²) in [6, 6.07) is 48.8. The van der Waals surface area contributed by atoms with Gasteiger partial charge in [-0.1, -0.05) is 152 Å². The van der Waals surface area contributed by atoms with Gasteiger partial charge in [0.25, 0.3) is 0 Å². The Morgan fingerprint density at radius 3 is 1.22 bits per heavy atom. The van der Waals surface area contributed by atoms with Gasteiger partial charge < -0.3 is 52.8 Å². The summed E-state index contributed by atoms with van der Waals surface area (Å²) >= 11 is 0. The molecule has 10 atom stereocenters. The molecule has 2 aliphatic rings. The normalized spacial score (nSPS) is 27.0. The van der Waals surface area contributed by atoms with Gasteiger partial charge in [-0.3, -0.25) is 0 Å². The zero-order chi connectivity index (χ0) is 40.7. The van der Waals surface area contributed by atoms with Crippen LogP contribution in [0.5, 0.6) is 0 Å². The van der Waals surface area contributed by atoms with Crippen LogP contribution >= 0.6 is 0 Å². The van der Waals surface area contributed by atoms with Gasteiger partial charge in [0.2, 0.25) is 0 Å². The van der Waals surface area contributed by atoms with Crippen LogP contribution in [0.4, 0.5) is 0 Å². The molecule has 0 radical (unpaired) electrons. The summed E-state index contributed by atoms with van der Waals surface area (Å²) in [5.41, 5.74) is 4.74. The summed E-state index contributed by atoms with van der Waals surface area (Å²) < 4.78 is 57.1. The van der Waals surface area contributed by atoms with Gasteiger partial charge in [0.1, 0.15) is 48.8 Å². The second-order valence-electron chi connectivity index (χ2n) is 14.7. The van der Waals surface area contributed by atoms with E-state index in [9.17, 15) is 10.2 Å². The number of methoxy groups -OCH3 is 1. The van der Waals surface area contributed by atoms with Gasteiger partial charge in [0.05, 0.1) is 46.2 Å². The monoisotopic (exact) mass is 806 g/mol. The third kappa shape index (κ3) is 12.1. The summed E-state index contributed by atoms with van der Waals surface area (Å²) in [5.74, 6) is 0. The van der Waals surface area contributed by atoms with Gasteiger partial charge in [0.15, 0.2) is 12.6 Å². The first-order valence-electron chi connectivity index (χ1n) is 20.1. The van der Waals surface area contributed by atoms with Gasteiger partial charge in [-0.25, -0.2) is 0 Å². The molecule has 11 heteroatoms. The molecule has 0 spiro atoms. The zero-order valence-corrected chi connectivity index (χ0v) is 33.2. The summed E-state index contributed by atoms with van der Waals surface area (Å²) in [6.07, 6.45) is -9.55. The Kier molecular flexibility index (Phi) is 16.2. The Labute approximate surface area is 346 Å². The summed E-state index contributed by atoms with van der Waals surface area (Å²) in [4.78, 5) is 0. The van der Waals surface area contributed by atoms with Crippen LogP contribution in [0.1, 0.15) is 27.8 Å². The molecule has 2 saturated heterocycles. The Balaban J connectivity index is 1.11. The average Bonchev–Trinajstić information content (AvgIpc) is 3.29. The maximum atomic E-state index is 12.1. The third-order valence-electron chi connectivity index (χ3n) is 10.4. The SMILES string of the molecule is COC1OC(COC2OC(COCc3ccccc3)C(OCc3ccccc3)C(OCc3ccccc3)C2O)C(OCc2ccccc2)C(O)C1OCc1ccccc1. The van der Waals surface area contributed by atoms with Crippen LogP contribution in [0.25, 0.3) is 0 Å². The summed E-state index contributed by atoms with van der Waals surface area (Å²) in [5, 5.41) is 23.9. The number of hydrogen-bond acceptors (Lipinski definition) is 11. The van der Waals surface area contributed by atoms with E-state index in [1.54, 1.807) is 0 Å². The van der Waals surface area contributed by atoms with Crippen LogP contribution in [-0.4, -0.2) is 91.9 Å². The van der Waals surface area contributed by atoms with Crippen molar-refractivity contribution in [2.75, 3.05) is 20.3 Å². The number of rotatable bonds is 20. The van der Waals surface area contributed by atoms with E-state index in [0.717, 1.165) is 27.8 Å². The molecule has 0 saturated carbocycles. The Morgan fingerprint density at radius 2 is 0.763 bits per heavy atom. The molecule has 0 bridgehead atoms. The number of hydrogen-bond donors (Lipinski definition) is 2. The molecule has 2 aliphatic heterocycles. The van der Waals surface area contributed by atoms with Crippen molar-refractivity contribution in [3.63, 3.8) is 0 Å². The molecular weight excluding hydrogens is 753 g/mol. The minimum Gasteiger partial charge on any atom is -0.387 e. The largest absolute Gasteiger partial charge is 0.387 e. The van der Waals surface area contributed by atoms with E-state index in [2.05, 4.69) is 0 Å². The minimum absolute atomic E-state index is 0.125. The van der Waals surface area contributed by atoms with Gasteiger partial charge in [-0.15, -0.1) is 0 Å². The highest BCUT2D eigenvalue weighted by Crippen LogP contribution is 2.32. The first kappa shape index (κ1) is 42.8. The van der Waals surface area contributed by atoms with E-state index in [-0.39, 0.29) is 39.6 Å². The minimum atomic E-state index is -1.29. The zero-order valence-electron chi connectivity index (χ0n) is 33.2. The molecule has 5 aromatic carbocycles. The fourth-order valence-corrected chi connectivity index (χ4v) is 7.28. The van der Waals surface area contributed by atoms with Crippen LogP contribution in [0.2, 0.25) is 0 Å². The van der Waals surface area contributed by atoms with Crippen molar-refractivity contribution < 1.29 is 52.8 Å². The lowest BCUT2D eigenvalue weighted by atomic mass is 9.97. The lowest BCUT2D eigenvalue weighted by Gasteiger charge is -2.46. The van der Waals surface area contributed by atoms with Crippen LogP contribution in [0.3, 0.4) is 0 Å². The van der Waals surface area contributed by atoms with Crippen LogP contribution < -0.4 is 0 Å². The third-order valence-corrected chi connectivity index (χ3v) is 10.4. The molecule has 0 aliphatic carbocycles. The maximum absolute atomic E-state index is 12.1. The van der Waals surface area contributed by atoms with Crippen molar-refractivity contribution in [3.8, 4) is 0 Å². The molecule has 7 rings (SSSR count). The smallest absolute Gasteiger partial charge is 0.186 e. The van der Waals surface area contributed by atoms with Crippen molar-refractivity contribution in [2.45, 2.75) is 94.4 Å². The molecule has 10 unspecified atom stereocenters. The van der Waals surface area contributed by atoms with E-state index in [0.29, 0.717) is 6.61 Å². The highest BCUT2D eigenvalue weighted by molar-refractivity contribution is 5.17. The summed E-state index contributed by atoms with van der Waals surface area (Å²) in [6.45, 7) is 1.23. The molecule has 11 nitrogen and oxygen atoms in total. The van der Waals surface area contributed by atoms with Gasteiger partial charge in [-0.05, 0) is 27.8 Å².